The molecule has 0 spiro atoms. The van der Waals surface area contributed by atoms with Gasteiger partial charge in [-0.3, -0.25) is 14.5 Å². The molecule has 0 saturated carbocycles. The number of hydrogen-bond acceptors (Lipinski definition) is 6. The summed E-state index contributed by atoms with van der Waals surface area (Å²) < 4.78 is 16.3. The third kappa shape index (κ3) is 5.10. The SMILES string of the molecule is CCSC1=C(c2ccc(OC(C)C)cc2)C(=O)N(CCc2ccc(OC)c(OC)c2)C1=O. The number of thioether (sulfide) groups is 1. The standard InChI is InChI=1S/C25H29NO5S/c1-6-32-23-22(18-8-10-19(11-9-18)31-16(2)3)24(27)26(25(23)28)14-13-17-7-12-20(29-4)21(15-17)30-5/h7-12,15-16H,6,13-14H2,1-5H3. The fourth-order valence-electron chi connectivity index (χ4n) is 3.54. The predicted molar refractivity (Wildman–Crippen MR) is 127 cm³/mol. The zero-order valence-electron chi connectivity index (χ0n) is 19.1. The minimum absolute atomic E-state index is 0.0630. The van der Waals surface area contributed by atoms with E-state index in [-0.39, 0.29) is 17.9 Å². The van der Waals surface area contributed by atoms with E-state index in [9.17, 15) is 9.59 Å². The van der Waals surface area contributed by atoms with Crippen LogP contribution in [0.25, 0.3) is 5.57 Å². The van der Waals surface area contributed by atoms with Crippen molar-refractivity contribution in [3.05, 3.63) is 58.5 Å². The van der Waals surface area contributed by atoms with Crippen LogP contribution in [-0.2, 0) is 16.0 Å². The molecule has 2 aromatic carbocycles. The molecule has 2 amide bonds. The first-order valence-electron chi connectivity index (χ1n) is 10.6. The average molecular weight is 456 g/mol. The molecule has 2 aromatic rings. The molecule has 0 unspecified atom stereocenters. The molecule has 1 aliphatic rings. The van der Waals surface area contributed by atoms with Crippen molar-refractivity contribution in [2.24, 2.45) is 0 Å². The molecular formula is C25H29NO5S. The Morgan fingerprint density at radius 2 is 1.62 bits per heavy atom. The number of carbonyl (C=O) groups excluding carboxylic acids is 2. The van der Waals surface area contributed by atoms with Gasteiger partial charge in [0.1, 0.15) is 5.75 Å². The van der Waals surface area contributed by atoms with Crippen LogP contribution in [0.1, 0.15) is 31.9 Å². The van der Waals surface area contributed by atoms with Crippen LogP contribution in [0.2, 0.25) is 0 Å². The van der Waals surface area contributed by atoms with E-state index < -0.39 is 0 Å². The second kappa shape index (κ2) is 10.6. The maximum Gasteiger partial charge on any atom is 0.267 e. The molecule has 0 bridgehead atoms. The monoisotopic (exact) mass is 455 g/mol. The Balaban J connectivity index is 1.81. The van der Waals surface area contributed by atoms with E-state index in [1.54, 1.807) is 14.2 Å². The maximum absolute atomic E-state index is 13.3. The average Bonchev–Trinajstić information content (AvgIpc) is 3.01. The van der Waals surface area contributed by atoms with Gasteiger partial charge in [-0.2, -0.15) is 0 Å². The summed E-state index contributed by atoms with van der Waals surface area (Å²) >= 11 is 1.40. The van der Waals surface area contributed by atoms with E-state index in [4.69, 9.17) is 14.2 Å². The van der Waals surface area contributed by atoms with Crippen molar-refractivity contribution in [2.45, 2.75) is 33.3 Å². The number of benzene rings is 2. The molecule has 7 heteroatoms. The van der Waals surface area contributed by atoms with Crippen molar-refractivity contribution < 1.29 is 23.8 Å². The van der Waals surface area contributed by atoms with Gasteiger partial charge in [-0.25, -0.2) is 0 Å². The van der Waals surface area contributed by atoms with E-state index in [0.717, 1.165) is 16.9 Å². The summed E-state index contributed by atoms with van der Waals surface area (Å²) in [6, 6.07) is 13.0. The van der Waals surface area contributed by atoms with Gasteiger partial charge in [0.25, 0.3) is 11.8 Å². The van der Waals surface area contributed by atoms with Gasteiger partial charge in [-0.05, 0) is 61.4 Å². The maximum atomic E-state index is 13.3. The van der Waals surface area contributed by atoms with Crippen LogP contribution in [0.4, 0.5) is 0 Å². The Morgan fingerprint density at radius 3 is 2.22 bits per heavy atom. The Kier molecular flexibility index (Phi) is 7.85. The van der Waals surface area contributed by atoms with Crippen molar-refractivity contribution in [3.63, 3.8) is 0 Å². The zero-order chi connectivity index (χ0) is 23.3. The Labute approximate surface area is 193 Å². The number of hydrogen-bond donors (Lipinski definition) is 0. The molecule has 1 heterocycles. The first kappa shape index (κ1) is 23.7. The number of rotatable bonds is 10. The highest BCUT2D eigenvalue weighted by Crippen LogP contribution is 2.37. The van der Waals surface area contributed by atoms with Gasteiger partial charge in [0.15, 0.2) is 11.5 Å². The van der Waals surface area contributed by atoms with Crippen molar-refractivity contribution in [1.29, 1.82) is 0 Å². The minimum atomic E-state index is -0.260. The van der Waals surface area contributed by atoms with E-state index >= 15 is 0 Å². The minimum Gasteiger partial charge on any atom is -0.493 e. The lowest BCUT2D eigenvalue weighted by Crippen LogP contribution is -2.33. The van der Waals surface area contributed by atoms with Gasteiger partial charge in [0.2, 0.25) is 0 Å². The molecule has 6 nitrogen and oxygen atoms in total. The summed E-state index contributed by atoms with van der Waals surface area (Å²) in [6.07, 6.45) is 0.587. The van der Waals surface area contributed by atoms with Crippen molar-refractivity contribution >= 4 is 29.1 Å². The number of carbonyl (C=O) groups is 2. The zero-order valence-corrected chi connectivity index (χ0v) is 20.0. The number of imide groups is 1. The molecule has 0 radical (unpaired) electrons. The largest absolute Gasteiger partial charge is 0.493 e. The molecular weight excluding hydrogens is 426 g/mol. The first-order valence-corrected chi connectivity index (χ1v) is 11.6. The van der Waals surface area contributed by atoms with Crippen LogP contribution in [0, 0.1) is 0 Å². The predicted octanol–water partition coefficient (Wildman–Crippen LogP) is 4.57. The van der Waals surface area contributed by atoms with Crippen molar-refractivity contribution in [1.82, 2.24) is 4.90 Å². The van der Waals surface area contributed by atoms with Crippen molar-refractivity contribution in [2.75, 3.05) is 26.5 Å². The molecule has 170 valence electrons. The first-order chi connectivity index (χ1) is 15.4. The lowest BCUT2D eigenvalue weighted by atomic mass is 10.1. The van der Waals surface area contributed by atoms with Crippen LogP contribution in [-0.4, -0.2) is 49.3 Å². The molecule has 3 rings (SSSR count). The number of amides is 2. The topological polar surface area (TPSA) is 65.1 Å². The summed E-state index contributed by atoms with van der Waals surface area (Å²) in [5.41, 5.74) is 2.14. The lowest BCUT2D eigenvalue weighted by molar-refractivity contribution is -0.136. The summed E-state index contributed by atoms with van der Waals surface area (Å²) in [6.45, 7) is 6.18. The highest BCUT2D eigenvalue weighted by atomic mass is 32.2. The molecule has 0 aliphatic carbocycles. The summed E-state index contributed by atoms with van der Waals surface area (Å²) in [5.74, 6) is 2.20. The van der Waals surface area contributed by atoms with Gasteiger partial charge in [0, 0.05) is 6.54 Å². The highest BCUT2D eigenvalue weighted by molar-refractivity contribution is 8.04. The quantitative estimate of drug-likeness (QED) is 0.489. The normalized spacial score (nSPS) is 13.9. The highest BCUT2D eigenvalue weighted by Gasteiger charge is 2.38. The second-order valence-corrected chi connectivity index (χ2v) is 8.80. The lowest BCUT2D eigenvalue weighted by Gasteiger charge is -2.16. The number of ether oxygens (including phenoxy) is 3. The van der Waals surface area contributed by atoms with Crippen molar-refractivity contribution in [3.8, 4) is 17.2 Å². The molecule has 0 fully saturated rings. The number of methoxy groups -OCH3 is 2. The van der Waals surface area contributed by atoms with Gasteiger partial charge in [-0.15, -0.1) is 11.8 Å². The number of nitrogens with zero attached hydrogens (tertiary/aromatic N) is 1. The van der Waals surface area contributed by atoms with Crippen LogP contribution >= 0.6 is 11.8 Å². The van der Waals surface area contributed by atoms with Crippen LogP contribution in [0.3, 0.4) is 0 Å². The fraction of sp³-hybridized carbons (Fsp3) is 0.360. The summed E-state index contributed by atoms with van der Waals surface area (Å²) in [5, 5.41) is 0. The Morgan fingerprint density at radius 1 is 0.938 bits per heavy atom. The van der Waals surface area contributed by atoms with Crippen LogP contribution in [0.5, 0.6) is 17.2 Å². The molecule has 32 heavy (non-hydrogen) atoms. The van der Waals surface area contributed by atoms with E-state index in [0.29, 0.717) is 40.7 Å². The van der Waals surface area contributed by atoms with Gasteiger partial charge in [0.05, 0.1) is 30.8 Å². The molecule has 0 N–H and O–H groups in total. The third-order valence-electron chi connectivity index (χ3n) is 5.00. The molecule has 0 saturated heterocycles. The van der Waals surface area contributed by atoms with E-state index in [1.165, 1.54) is 16.7 Å². The van der Waals surface area contributed by atoms with Gasteiger partial charge >= 0.3 is 0 Å². The van der Waals surface area contributed by atoms with Crippen LogP contribution < -0.4 is 14.2 Å². The van der Waals surface area contributed by atoms with Gasteiger partial charge in [-0.1, -0.05) is 25.1 Å². The fourth-order valence-corrected chi connectivity index (χ4v) is 4.41. The summed E-state index contributed by atoms with van der Waals surface area (Å²) in [7, 11) is 3.16. The molecule has 0 atom stereocenters. The van der Waals surface area contributed by atoms with E-state index in [2.05, 4.69) is 0 Å². The van der Waals surface area contributed by atoms with Crippen LogP contribution in [0.15, 0.2) is 47.4 Å². The second-order valence-electron chi connectivity index (χ2n) is 7.53. The van der Waals surface area contributed by atoms with Gasteiger partial charge < -0.3 is 14.2 Å². The smallest absolute Gasteiger partial charge is 0.267 e. The molecule has 1 aliphatic heterocycles. The molecule has 0 aromatic heterocycles. The Bertz CT molecular complexity index is 1010. The summed E-state index contributed by atoms with van der Waals surface area (Å²) in [4.78, 5) is 28.2. The van der Waals surface area contributed by atoms with E-state index in [1.807, 2.05) is 63.2 Å². The third-order valence-corrected chi connectivity index (χ3v) is 5.96. The Hall–Kier alpha value is -2.93.